The average molecular weight is 312 g/mol. The lowest BCUT2D eigenvalue weighted by Gasteiger charge is -2.19. The number of rotatable bonds is 4. The molecule has 7 heteroatoms. The Bertz CT molecular complexity index is 812. The summed E-state index contributed by atoms with van der Waals surface area (Å²) in [6.07, 6.45) is 4.88. The first-order valence-electron chi connectivity index (χ1n) is 7.41. The summed E-state index contributed by atoms with van der Waals surface area (Å²) in [5, 5.41) is 10.5. The highest BCUT2D eigenvalue weighted by Gasteiger charge is 2.31. The van der Waals surface area contributed by atoms with Gasteiger partial charge in [-0.3, -0.25) is 9.89 Å². The molecular formula is C16H16N4O3. The minimum absolute atomic E-state index is 0.135. The van der Waals surface area contributed by atoms with Gasteiger partial charge in [-0.1, -0.05) is 0 Å². The van der Waals surface area contributed by atoms with Crippen LogP contribution in [0.4, 0.5) is 0 Å². The van der Waals surface area contributed by atoms with Gasteiger partial charge in [-0.05, 0) is 24.3 Å². The van der Waals surface area contributed by atoms with Gasteiger partial charge in [0.25, 0.3) is 5.91 Å². The Kier molecular flexibility index (Phi) is 3.47. The Balaban J connectivity index is 1.46. The lowest BCUT2D eigenvalue weighted by Crippen LogP contribution is -2.45. The monoisotopic (exact) mass is 312 g/mol. The van der Waals surface area contributed by atoms with Crippen LogP contribution in [0.25, 0.3) is 10.9 Å². The second kappa shape index (κ2) is 5.77. The molecule has 0 aliphatic carbocycles. The molecule has 7 nitrogen and oxygen atoms in total. The van der Waals surface area contributed by atoms with Crippen molar-refractivity contribution in [2.45, 2.75) is 12.1 Å². The predicted molar refractivity (Wildman–Crippen MR) is 83.4 cm³/mol. The van der Waals surface area contributed by atoms with Crippen molar-refractivity contribution < 1.29 is 14.3 Å². The number of nitrogens with zero attached hydrogens (tertiary/aromatic N) is 1. The van der Waals surface area contributed by atoms with E-state index in [0.717, 1.165) is 10.9 Å². The summed E-state index contributed by atoms with van der Waals surface area (Å²) in [5.41, 5.74) is 1.62. The molecule has 2 atom stereocenters. The molecule has 118 valence electrons. The van der Waals surface area contributed by atoms with Crippen LogP contribution < -0.4 is 10.1 Å². The van der Waals surface area contributed by atoms with Crippen LogP contribution in [0.15, 0.2) is 42.9 Å². The summed E-state index contributed by atoms with van der Waals surface area (Å²) in [5.74, 6) is 0.498. The van der Waals surface area contributed by atoms with Gasteiger partial charge >= 0.3 is 0 Å². The molecule has 3 N–H and O–H groups in total. The Morgan fingerprint density at radius 1 is 1.35 bits per heavy atom. The van der Waals surface area contributed by atoms with Crippen molar-refractivity contribution in [1.82, 2.24) is 20.5 Å². The zero-order valence-electron chi connectivity index (χ0n) is 12.3. The highest BCUT2D eigenvalue weighted by Crippen LogP contribution is 2.17. The van der Waals surface area contributed by atoms with Crippen molar-refractivity contribution in [2.24, 2.45) is 0 Å². The molecule has 2 aromatic heterocycles. The molecule has 3 aromatic rings. The second-order valence-electron chi connectivity index (χ2n) is 5.49. The number of hydrogen-bond acceptors (Lipinski definition) is 4. The summed E-state index contributed by atoms with van der Waals surface area (Å²) >= 11 is 0. The number of hydrogen-bond donors (Lipinski definition) is 3. The van der Waals surface area contributed by atoms with E-state index >= 15 is 0 Å². The molecule has 1 aliphatic heterocycles. The van der Waals surface area contributed by atoms with E-state index < -0.39 is 0 Å². The first-order chi connectivity index (χ1) is 11.3. The average Bonchev–Trinajstić information content (AvgIpc) is 3.29. The Hall–Kier alpha value is -2.80. The fourth-order valence-electron chi connectivity index (χ4n) is 2.71. The van der Waals surface area contributed by atoms with Gasteiger partial charge in [-0.2, -0.15) is 5.10 Å². The van der Waals surface area contributed by atoms with Crippen molar-refractivity contribution in [2.75, 3.05) is 13.2 Å². The van der Waals surface area contributed by atoms with Crippen LogP contribution in [0.2, 0.25) is 0 Å². The lowest BCUT2D eigenvalue weighted by molar-refractivity contribution is 0.0904. The number of carbonyl (C=O) groups excluding carboxylic acids is 1. The number of ether oxygens (including phenoxy) is 2. The van der Waals surface area contributed by atoms with E-state index in [-0.39, 0.29) is 18.1 Å². The number of nitrogens with one attached hydrogen (secondary N) is 3. The van der Waals surface area contributed by atoms with Crippen LogP contribution in [-0.4, -0.2) is 46.4 Å². The van der Waals surface area contributed by atoms with Crippen LogP contribution >= 0.6 is 0 Å². The number of amides is 1. The highest BCUT2D eigenvalue weighted by molar-refractivity contribution is 5.98. The van der Waals surface area contributed by atoms with Gasteiger partial charge in [0.1, 0.15) is 6.10 Å². The molecule has 0 spiro atoms. The van der Waals surface area contributed by atoms with Gasteiger partial charge in [0.05, 0.1) is 31.6 Å². The molecule has 3 heterocycles. The summed E-state index contributed by atoms with van der Waals surface area (Å²) < 4.78 is 11.2. The van der Waals surface area contributed by atoms with Crippen LogP contribution in [0, 0.1) is 0 Å². The van der Waals surface area contributed by atoms with Crippen molar-refractivity contribution >= 4 is 16.8 Å². The normalized spacial score (nSPS) is 20.7. The van der Waals surface area contributed by atoms with Gasteiger partial charge in [0.15, 0.2) is 5.75 Å². The van der Waals surface area contributed by atoms with Crippen molar-refractivity contribution in [3.05, 3.63) is 48.4 Å². The summed E-state index contributed by atoms with van der Waals surface area (Å²) in [6.45, 7) is 0.869. The Labute approximate surface area is 132 Å². The molecule has 0 radical (unpaired) electrons. The molecule has 1 amide bonds. The van der Waals surface area contributed by atoms with E-state index in [1.54, 1.807) is 18.5 Å². The van der Waals surface area contributed by atoms with Crippen LogP contribution in [0.1, 0.15) is 10.4 Å². The molecule has 0 saturated carbocycles. The third-order valence-electron chi connectivity index (χ3n) is 3.92. The van der Waals surface area contributed by atoms with Crippen LogP contribution in [0.3, 0.4) is 0 Å². The Morgan fingerprint density at radius 3 is 3.17 bits per heavy atom. The minimum Gasteiger partial charge on any atom is -0.482 e. The molecule has 1 aliphatic rings. The number of H-pyrrole nitrogens is 2. The molecule has 1 saturated heterocycles. The van der Waals surface area contributed by atoms with Crippen molar-refractivity contribution in [3.63, 3.8) is 0 Å². The molecular weight excluding hydrogens is 296 g/mol. The maximum absolute atomic E-state index is 12.5. The minimum atomic E-state index is -0.229. The van der Waals surface area contributed by atoms with Crippen molar-refractivity contribution in [1.29, 1.82) is 0 Å². The summed E-state index contributed by atoms with van der Waals surface area (Å²) in [6, 6.07) is 7.31. The number of benzene rings is 1. The SMILES string of the molecule is O=C(N[C@H]1COC[C@H]1Oc1cn[nH]c1)c1ccc2[nH]ccc2c1. The van der Waals surface area contributed by atoms with E-state index in [4.69, 9.17) is 9.47 Å². The standard InChI is InChI=1S/C16H16N4O3/c21-16(11-1-2-13-10(5-11)3-4-17-13)20-14-8-22-9-15(14)23-12-6-18-19-7-12/h1-7,14-15,17H,8-9H2,(H,18,19)(H,20,21)/t14-,15+/m0/s1. The maximum Gasteiger partial charge on any atom is 0.251 e. The highest BCUT2D eigenvalue weighted by atomic mass is 16.5. The first kappa shape index (κ1) is 13.8. The van der Waals surface area contributed by atoms with E-state index in [1.165, 1.54) is 0 Å². The van der Waals surface area contributed by atoms with E-state index in [1.807, 2.05) is 24.4 Å². The van der Waals surface area contributed by atoms with Gasteiger partial charge in [0, 0.05) is 22.7 Å². The summed E-state index contributed by atoms with van der Waals surface area (Å²) in [7, 11) is 0. The van der Waals surface area contributed by atoms with E-state index in [0.29, 0.717) is 24.5 Å². The van der Waals surface area contributed by atoms with Crippen LogP contribution in [0.5, 0.6) is 5.75 Å². The third-order valence-corrected chi connectivity index (χ3v) is 3.92. The fourth-order valence-corrected chi connectivity index (χ4v) is 2.71. The summed E-state index contributed by atoms with van der Waals surface area (Å²) in [4.78, 5) is 15.6. The molecule has 4 rings (SSSR count). The largest absolute Gasteiger partial charge is 0.482 e. The predicted octanol–water partition coefficient (Wildman–Crippen LogP) is 1.47. The molecule has 23 heavy (non-hydrogen) atoms. The Morgan fingerprint density at radius 2 is 2.30 bits per heavy atom. The quantitative estimate of drug-likeness (QED) is 0.680. The van der Waals surface area contributed by atoms with Crippen molar-refractivity contribution in [3.8, 4) is 5.75 Å². The second-order valence-corrected chi connectivity index (χ2v) is 5.49. The van der Waals surface area contributed by atoms with Gasteiger partial charge in [0.2, 0.25) is 0 Å². The maximum atomic E-state index is 12.5. The van der Waals surface area contributed by atoms with Crippen LogP contribution in [-0.2, 0) is 4.74 Å². The smallest absolute Gasteiger partial charge is 0.251 e. The zero-order chi connectivity index (χ0) is 15.6. The topological polar surface area (TPSA) is 92.0 Å². The van der Waals surface area contributed by atoms with Gasteiger partial charge in [-0.25, -0.2) is 0 Å². The zero-order valence-corrected chi connectivity index (χ0v) is 12.3. The molecule has 0 unspecified atom stereocenters. The number of aromatic nitrogens is 3. The number of carbonyl (C=O) groups is 1. The lowest BCUT2D eigenvalue weighted by atomic mass is 10.1. The van der Waals surface area contributed by atoms with Gasteiger partial charge in [-0.15, -0.1) is 0 Å². The van der Waals surface area contributed by atoms with Gasteiger partial charge < -0.3 is 19.8 Å². The number of aromatic amines is 2. The molecule has 1 fully saturated rings. The number of fused-ring (bicyclic) bond motifs is 1. The van der Waals surface area contributed by atoms with E-state index in [9.17, 15) is 4.79 Å². The van der Waals surface area contributed by atoms with E-state index in [2.05, 4.69) is 20.5 Å². The third kappa shape index (κ3) is 2.78. The fraction of sp³-hybridized carbons (Fsp3) is 0.250. The molecule has 0 bridgehead atoms. The molecule has 1 aromatic carbocycles. The first-order valence-corrected chi connectivity index (χ1v) is 7.41.